The Morgan fingerprint density at radius 1 is 0.786 bits per heavy atom. The third kappa shape index (κ3) is 4.52. The molecule has 1 fully saturated rings. The molecule has 4 rings (SSSR count). The Morgan fingerprint density at radius 3 is 2.07 bits per heavy atom. The van der Waals surface area contributed by atoms with Crippen LogP contribution in [0.25, 0.3) is 22.4 Å². The molecule has 3 aromatic rings. The molecule has 4 heteroatoms. The van der Waals surface area contributed by atoms with Crippen LogP contribution < -0.4 is 9.47 Å². The molecule has 1 aliphatic heterocycles. The van der Waals surface area contributed by atoms with Crippen molar-refractivity contribution in [2.75, 3.05) is 33.4 Å². The normalized spacial score (nSPS) is 14.2. The van der Waals surface area contributed by atoms with Gasteiger partial charge in [0.15, 0.2) is 0 Å². The standard InChI is InChI=1S/C24H26N2O2/c1-27-22-9-4-19(5-10-22)21-8-13-24(25-18-21)20-6-11-23(12-7-20)28-17-16-26-14-2-3-15-26/h4-13,18H,2-3,14-17H2,1H3. The Morgan fingerprint density at radius 2 is 1.43 bits per heavy atom. The zero-order chi connectivity index (χ0) is 19.2. The minimum atomic E-state index is 0.744. The van der Waals surface area contributed by atoms with E-state index < -0.39 is 0 Å². The fraction of sp³-hybridized carbons (Fsp3) is 0.292. The highest BCUT2D eigenvalue weighted by molar-refractivity contribution is 5.67. The first kappa shape index (κ1) is 18.5. The third-order valence-corrected chi connectivity index (χ3v) is 5.21. The number of likely N-dealkylation sites (tertiary alicyclic amines) is 1. The van der Waals surface area contributed by atoms with Crippen LogP contribution in [0.4, 0.5) is 0 Å². The number of benzene rings is 2. The topological polar surface area (TPSA) is 34.6 Å². The van der Waals surface area contributed by atoms with E-state index in [4.69, 9.17) is 9.47 Å². The number of nitrogens with zero attached hydrogens (tertiary/aromatic N) is 2. The van der Waals surface area contributed by atoms with E-state index in [1.807, 2.05) is 42.6 Å². The van der Waals surface area contributed by atoms with Gasteiger partial charge in [-0.15, -0.1) is 0 Å². The second-order valence-electron chi connectivity index (χ2n) is 7.08. The maximum Gasteiger partial charge on any atom is 0.119 e. The zero-order valence-electron chi connectivity index (χ0n) is 16.3. The summed E-state index contributed by atoms with van der Waals surface area (Å²) in [5.74, 6) is 1.77. The van der Waals surface area contributed by atoms with Gasteiger partial charge in [0, 0.05) is 23.9 Å². The van der Waals surface area contributed by atoms with E-state index in [1.165, 1.54) is 25.9 Å². The molecule has 0 bridgehead atoms. The molecule has 1 saturated heterocycles. The van der Waals surface area contributed by atoms with E-state index in [0.717, 1.165) is 47.0 Å². The Labute approximate surface area is 166 Å². The van der Waals surface area contributed by atoms with Crippen molar-refractivity contribution < 1.29 is 9.47 Å². The van der Waals surface area contributed by atoms with Gasteiger partial charge in [-0.05, 0) is 74.0 Å². The van der Waals surface area contributed by atoms with Crippen molar-refractivity contribution in [3.8, 4) is 33.9 Å². The smallest absolute Gasteiger partial charge is 0.119 e. The molecule has 0 N–H and O–H groups in total. The molecule has 1 aliphatic rings. The van der Waals surface area contributed by atoms with Crippen molar-refractivity contribution in [1.82, 2.24) is 9.88 Å². The quantitative estimate of drug-likeness (QED) is 0.589. The molecule has 0 radical (unpaired) electrons. The van der Waals surface area contributed by atoms with E-state index >= 15 is 0 Å². The number of rotatable bonds is 7. The van der Waals surface area contributed by atoms with Gasteiger partial charge in [-0.3, -0.25) is 9.88 Å². The Bertz CT molecular complexity index is 868. The highest BCUT2D eigenvalue weighted by atomic mass is 16.5. The summed E-state index contributed by atoms with van der Waals surface area (Å²) in [6.07, 6.45) is 4.55. The van der Waals surface area contributed by atoms with Crippen LogP contribution in [-0.2, 0) is 0 Å². The van der Waals surface area contributed by atoms with E-state index in [2.05, 4.69) is 34.1 Å². The van der Waals surface area contributed by atoms with Crippen molar-refractivity contribution in [2.24, 2.45) is 0 Å². The Hall–Kier alpha value is -2.85. The van der Waals surface area contributed by atoms with Gasteiger partial charge in [0.2, 0.25) is 0 Å². The molecule has 0 spiro atoms. The molecular formula is C24H26N2O2. The summed E-state index contributed by atoms with van der Waals surface area (Å²) < 4.78 is 11.1. The van der Waals surface area contributed by atoms with Crippen molar-refractivity contribution in [2.45, 2.75) is 12.8 Å². The molecule has 2 aromatic carbocycles. The van der Waals surface area contributed by atoms with E-state index in [1.54, 1.807) is 7.11 Å². The molecule has 0 atom stereocenters. The van der Waals surface area contributed by atoms with Gasteiger partial charge >= 0.3 is 0 Å². The highest BCUT2D eigenvalue weighted by Crippen LogP contribution is 2.25. The molecule has 4 nitrogen and oxygen atoms in total. The first-order chi connectivity index (χ1) is 13.8. The van der Waals surface area contributed by atoms with Gasteiger partial charge in [-0.2, -0.15) is 0 Å². The molecule has 0 unspecified atom stereocenters. The lowest BCUT2D eigenvalue weighted by molar-refractivity contribution is 0.238. The van der Waals surface area contributed by atoms with Crippen LogP contribution in [0, 0.1) is 0 Å². The van der Waals surface area contributed by atoms with E-state index in [9.17, 15) is 0 Å². The molecule has 28 heavy (non-hydrogen) atoms. The second kappa shape index (κ2) is 8.89. The van der Waals surface area contributed by atoms with Crippen LogP contribution in [0.15, 0.2) is 66.9 Å². The Balaban J connectivity index is 1.36. The monoisotopic (exact) mass is 374 g/mol. The van der Waals surface area contributed by atoms with Crippen molar-refractivity contribution in [1.29, 1.82) is 0 Å². The van der Waals surface area contributed by atoms with Crippen LogP contribution in [0.3, 0.4) is 0 Å². The molecular weight excluding hydrogens is 348 g/mol. The van der Waals surface area contributed by atoms with Gasteiger partial charge in [-0.1, -0.05) is 18.2 Å². The lowest BCUT2D eigenvalue weighted by atomic mass is 10.1. The van der Waals surface area contributed by atoms with Gasteiger partial charge < -0.3 is 9.47 Å². The summed E-state index contributed by atoms with van der Waals surface area (Å²) in [4.78, 5) is 7.09. The van der Waals surface area contributed by atoms with Gasteiger partial charge in [0.1, 0.15) is 18.1 Å². The minimum absolute atomic E-state index is 0.744. The molecule has 0 amide bonds. The summed E-state index contributed by atoms with van der Waals surface area (Å²) >= 11 is 0. The predicted molar refractivity (Wildman–Crippen MR) is 113 cm³/mol. The first-order valence-electron chi connectivity index (χ1n) is 9.88. The number of pyridine rings is 1. The SMILES string of the molecule is COc1ccc(-c2ccc(-c3ccc(OCCN4CCCC4)cc3)nc2)cc1. The van der Waals surface area contributed by atoms with Gasteiger partial charge in [-0.25, -0.2) is 0 Å². The molecule has 0 aliphatic carbocycles. The molecule has 144 valence electrons. The average Bonchev–Trinajstić information content (AvgIpc) is 3.28. The Kier molecular flexibility index (Phi) is 5.88. The van der Waals surface area contributed by atoms with Crippen LogP contribution in [0.1, 0.15) is 12.8 Å². The highest BCUT2D eigenvalue weighted by Gasteiger charge is 2.10. The van der Waals surface area contributed by atoms with Crippen LogP contribution in [0.2, 0.25) is 0 Å². The lowest BCUT2D eigenvalue weighted by Gasteiger charge is -2.15. The molecule has 2 heterocycles. The second-order valence-corrected chi connectivity index (χ2v) is 7.08. The van der Waals surface area contributed by atoms with E-state index in [-0.39, 0.29) is 0 Å². The van der Waals surface area contributed by atoms with Crippen LogP contribution in [-0.4, -0.2) is 43.2 Å². The fourth-order valence-corrected chi connectivity index (χ4v) is 3.54. The van der Waals surface area contributed by atoms with Crippen LogP contribution in [0.5, 0.6) is 11.5 Å². The predicted octanol–water partition coefficient (Wildman–Crippen LogP) is 4.90. The zero-order valence-corrected chi connectivity index (χ0v) is 16.3. The van der Waals surface area contributed by atoms with Crippen molar-refractivity contribution in [3.63, 3.8) is 0 Å². The maximum atomic E-state index is 5.88. The van der Waals surface area contributed by atoms with Crippen LogP contribution >= 0.6 is 0 Å². The fourth-order valence-electron chi connectivity index (χ4n) is 3.54. The lowest BCUT2D eigenvalue weighted by Crippen LogP contribution is -2.25. The summed E-state index contributed by atoms with van der Waals surface area (Å²) in [5, 5.41) is 0. The largest absolute Gasteiger partial charge is 0.497 e. The number of hydrogen-bond acceptors (Lipinski definition) is 4. The van der Waals surface area contributed by atoms with Crippen molar-refractivity contribution >= 4 is 0 Å². The third-order valence-electron chi connectivity index (χ3n) is 5.21. The maximum absolute atomic E-state index is 5.88. The first-order valence-corrected chi connectivity index (χ1v) is 9.88. The van der Waals surface area contributed by atoms with Crippen molar-refractivity contribution in [3.05, 3.63) is 66.9 Å². The number of ether oxygens (including phenoxy) is 2. The van der Waals surface area contributed by atoms with Gasteiger partial charge in [0.05, 0.1) is 12.8 Å². The number of hydrogen-bond donors (Lipinski definition) is 0. The number of aromatic nitrogens is 1. The van der Waals surface area contributed by atoms with E-state index in [0.29, 0.717) is 0 Å². The van der Waals surface area contributed by atoms with Gasteiger partial charge in [0.25, 0.3) is 0 Å². The summed E-state index contributed by atoms with van der Waals surface area (Å²) in [6.45, 7) is 4.17. The molecule has 1 aromatic heterocycles. The summed E-state index contributed by atoms with van der Waals surface area (Å²) in [5.41, 5.74) is 4.27. The number of methoxy groups -OCH3 is 1. The summed E-state index contributed by atoms with van der Waals surface area (Å²) in [7, 11) is 1.68. The average molecular weight is 374 g/mol. The summed E-state index contributed by atoms with van der Waals surface area (Å²) in [6, 6.07) is 20.4. The molecule has 0 saturated carbocycles. The minimum Gasteiger partial charge on any atom is -0.497 e.